The zero-order valence-corrected chi connectivity index (χ0v) is 21.7. The zero-order valence-electron chi connectivity index (χ0n) is 20.9. The summed E-state index contributed by atoms with van der Waals surface area (Å²) in [5.74, 6) is -0.283. The lowest BCUT2D eigenvalue weighted by Gasteiger charge is -2.32. The van der Waals surface area contributed by atoms with E-state index in [0.717, 1.165) is 17.1 Å². The molecule has 0 aliphatic carbocycles. The molecule has 37 heavy (non-hydrogen) atoms. The number of hydrogen-bond acceptors (Lipinski definition) is 6. The topological polar surface area (TPSA) is 95.5 Å². The van der Waals surface area contributed by atoms with E-state index in [4.69, 9.17) is 0 Å². The van der Waals surface area contributed by atoms with Crippen LogP contribution in [0.25, 0.3) is 0 Å². The van der Waals surface area contributed by atoms with E-state index in [-0.39, 0.29) is 36.0 Å². The first-order chi connectivity index (χ1) is 18.0. The Kier molecular flexibility index (Phi) is 7.60. The SMILES string of the molecule is CC(Cc1nnc(NC(=O)C2CCN(C(=O)C3CC(=O)N(c4ccccc4)C3)CC2)s1)c1ccccc1. The molecular weight excluding hydrogens is 486 g/mol. The van der Waals surface area contributed by atoms with Crippen LogP contribution in [-0.4, -0.2) is 52.5 Å². The number of carbonyl (C=O) groups is 3. The van der Waals surface area contributed by atoms with Gasteiger partial charge in [-0.15, -0.1) is 10.2 Å². The Morgan fingerprint density at radius 3 is 2.38 bits per heavy atom. The Bertz CT molecular complexity index is 1240. The molecule has 2 aliphatic heterocycles. The second-order valence-corrected chi connectivity index (χ2v) is 10.9. The van der Waals surface area contributed by atoms with E-state index in [9.17, 15) is 14.4 Å². The van der Waals surface area contributed by atoms with Crippen molar-refractivity contribution in [1.29, 1.82) is 0 Å². The van der Waals surface area contributed by atoms with Gasteiger partial charge in [-0.05, 0) is 36.5 Å². The quantitative estimate of drug-likeness (QED) is 0.509. The van der Waals surface area contributed by atoms with Gasteiger partial charge < -0.3 is 15.1 Å². The van der Waals surface area contributed by atoms with Crippen LogP contribution >= 0.6 is 11.3 Å². The van der Waals surface area contributed by atoms with Crippen LogP contribution in [0.2, 0.25) is 0 Å². The molecule has 3 aromatic rings. The fourth-order valence-corrected chi connectivity index (χ4v) is 5.98. The Morgan fingerprint density at radius 1 is 1.00 bits per heavy atom. The van der Waals surface area contributed by atoms with Crippen molar-refractivity contribution < 1.29 is 14.4 Å². The van der Waals surface area contributed by atoms with Gasteiger partial charge >= 0.3 is 0 Å². The number of benzene rings is 2. The molecule has 3 heterocycles. The van der Waals surface area contributed by atoms with Crippen LogP contribution < -0.4 is 10.2 Å². The summed E-state index contributed by atoms with van der Waals surface area (Å²) in [6.07, 6.45) is 2.19. The van der Waals surface area contributed by atoms with Crippen LogP contribution in [0.4, 0.5) is 10.8 Å². The van der Waals surface area contributed by atoms with Gasteiger partial charge in [0.15, 0.2) is 0 Å². The average molecular weight is 518 g/mol. The second kappa shape index (κ2) is 11.2. The first-order valence-corrected chi connectivity index (χ1v) is 13.6. The summed E-state index contributed by atoms with van der Waals surface area (Å²) in [5.41, 5.74) is 2.08. The van der Waals surface area contributed by atoms with Crippen LogP contribution in [0.1, 0.15) is 42.7 Å². The van der Waals surface area contributed by atoms with Gasteiger partial charge in [-0.25, -0.2) is 0 Å². The van der Waals surface area contributed by atoms with Gasteiger partial charge in [-0.2, -0.15) is 0 Å². The minimum Gasteiger partial charge on any atom is -0.342 e. The van der Waals surface area contributed by atoms with Gasteiger partial charge in [0.1, 0.15) is 5.01 Å². The first-order valence-electron chi connectivity index (χ1n) is 12.8. The molecule has 2 saturated heterocycles. The number of anilines is 2. The molecule has 0 spiro atoms. The van der Waals surface area contributed by atoms with Crippen LogP contribution in [0.3, 0.4) is 0 Å². The number of likely N-dealkylation sites (tertiary alicyclic amines) is 1. The van der Waals surface area contributed by atoms with E-state index in [1.54, 1.807) is 4.90 Å². The minimum absolute atomic E-state index is 0.00643. The molecule has 3 amide bonds. The number of carbonyl (C=O) groups excluding carboxylic acids is 3. The lowest BCUT2D eigenvalue weighted by atomic mass is 9.94. The molecule has 2 aromatic carbocycles. The van der Waals surface area contributed by atoms with Crippen molar-refractivity contribution >= 4 is 39.9 Å². The number of hydrogen-bond donors (Lipinski definition) is 1. The molecule has 0 saturated carbocycles. The number of amides is 3. The summed E-state index contributed by atoms with van der Waals surface area (Å²) >= 11 is 1.41. The molecule has 2 unspecified atom stereocenters. The monoisotopic (exact) mass is 517 g/mol. The van der Waals surface area contributed by atoms with Crippen molar-refractivity contribution in [3.8, 4) is 0 Å². The van der Waals surface area contributed by atoms with Crippen molar-refractivity contribution in [2.24, 2.45) is 11.8 Å². The minimum atomic E-state index is -0.337. The van der Waals surface area contributed by atoms with Gasteiger partial charge in [0, 0.05) is 44.1 Å². The van der Waals surface area contributed by atoms with Crippen LogP contribution in [0, 0.1) is 11.8 Å². The van der Waals surface area contributed by atoms with Crippen LogP contribution in [0.5, 0.6) is 0 Å². The van der Waals surface area contributed by atoms with Crippen molar-refractivity contribution in [1.82, 2.24) is 15.1 Å². The third-order valence-corrected chi connectivity index (χ3v) is 8.13. The molecule has 2 atom stereocenters. The van der Waals surface area contributed by atoms with E-state index >= 15 is 0 Å². The van der Waals surface area contributed by atoms with Gasteiger partial charge in [0.2, 0.25) is 22.9 Å². The maximum absolute atomic E-state index is 13.1. The summed E-state index contributed by atoms with van der Waals surface area (Å²) < 4.78 is 0. The molecule has 8 nitrogen and oxygen atoms in total. The number of nitrogens with zero attached hydrogens (tertiary/aromatic N) is 4. The van der Waals surface area contributed by atoms with Crippen molar-refractivity contribution in [2.45, 2.75) is 38.5 Å². The normalized spacial score (nSPS) is 19.2. The lowest BCUT2D eigenvalue weighted by Crippen LogP contribution is -2.44. The standard InChI is InChI=1S/C28H31N5O3S/c1-19(20-8-4-2-5-9-20)16-24-30-31-28(37-24)29-26(35)21-12-14-32(15-13-21)27(36)22-17-25(34)33(18-22)23-10-6-3-7-11-23/h2-11,19,21-22H,12-18H2,1H3,(H,29,31,35). The fraction of sp³-hybridized carbons (Fsp3) is 0.393. The maximum atomic E-state index is 13.1. The first kappa shape index (κ1) is 25.1. The summed E-state index contributed by atoms with van der Waals surface area (Å²) in [6, 6.07) is 19.7. The fourth-order valence-electron chi connectivity index (χ4n) is 5.11. The Balaban J connectivity index is 1.09. The number of para-hydroxylation sites is 1. The van der Waals surface area contributed by atoms with Crippen molar-refractivity contribution in [3.63, 3.8) is 0 Å². The summed E-state index contributed by atoms with van der Waals surface area (Å²) in [7, 11) is 0. The van der Waals surface area contributed by atoms with Gasteiger partial charge in [-0.1, -0.05) is 66.8 Å². The highest BCUT2D eigenvalue weighted by Crippen LogP contribution is 2.29. The molecule has 1 aromatic heterocycles. The zero-order chi connectivity index (χ0) is 25.8. The number of nitrogens with one attached hydrogen (secondary N) is 1. The van der Waals surface area contributed by atoms with E-state index in [2.05, 4.69) is 34.6 Å². The molecule has 0 radical (unpaired) electrons. The summed E-state index contributed by atoms with van der Waals surface area (Å²) in [4.78, 5) is 42.0. The van der Waals surface area contributed by atoms with Crippen LogP contribution in [-0.2, 0) is 20.8 Å². The maximum Gasteiger partial charge on any atom is 0.229 e. The van der Waals surface area contributed by atoms with E-state index < -0.39 is 0 Å². The molecular formula is C28H31N5O3S. The predicted molar refractivity (Wildman–Crippen MR) is 143 cm³/mol. The van der Waals surface area contributed by atoms with Crippen molar-refractivity contribution in [2.75, 3.05) is 29.9 Å². The third-order valence-electron chi connectivity index (χ3n) is 7.27. The molecule has 5 rings (SSSR count). The third kappa shape index (κ3) is 5.88. The molecule has 192 valence electrons. The predicted octanol–water partition coefficient (Wildman–Crippen LogP) is 4.11. The summed E-state index contributed by atoms with van der Waals surface area (Å²) in [5, 5.41) is 12.8. The smallest absolute Gasteiger partial charge is 0.229 e. The molecule has 0 bridgehead atoms. The largest absolute Gasteiger partial charge is 0.342 e. The second-order valence-electron chi connectivity index (χ2n) is 9.85. The van der Waals surface area contributed by atoms with Gasteiger partial charge in [0.05, 0.1) is 5.92 Å². The lowest BCUT2D eigenvalue weighted by molar-refractivity contribution is -0.138. The summed E-state index contributed by atoms with van der Waals surface area (Å²) in [6.45, 7) is 3.60. The van der Waals surface area contributed by atoms with E-state index in [1.807, 2.05) is 53.4 Å². The van der Waals surface area contributed by atoms with Crippen molar-refractivity contribution in [3.05, 3.63) is 71.2 Å². The Labute approximate surface area is 220 Å². The number of rotatable bonds is 7. The van der Waals surface area contributed by atoms with E-state index in [1.165, 1.54) is 16.9 Å². The average Bonchev–Trinajstić information content (AvgIpc) is 3.55. The highest BCUT2D eigenvalue weighted by Gasteiger charge is 2.38. The number of aromatic nitrogens is 2. The molecule has 9 heteroatoms. The molecule has 2 fully saturated rings. The Hall–Kier alpha value is -3.59. The van der Waals surface area contributed by atoms with Crippen LogP contribution in [0.15, 0.2) is 60.7 Å². The van der Waals surface area contributed by atoms with Gasteiger partial charge in [0.25, 0.3) is 0 Å². The Morgan fingerprint density at radius 2 is 1.68 bits per heavy atom. The number of piperidine rings is 1. The highest BCUT2D eigenvalue weighted by atomic mass is 32.1. The van der Waals surface area contributed by atoms with Gasteiger partial charge in [-0.3, -0.25) is 14.4 Å². The highest BCUT2D eigenvalue weighted by molar-refractivity contribution is 7.15. The molecule has 2 aliphatic rings. The molecule has 1 N–H and O–H groups in total. The van der Waals surface area contributed by atoms with E-state index in [0.29, 0.717) is 43.5 Å².